The lowest BCUT2D eigenvalue weighted by Crippen LogP contribution is -2.06. The number of hydrogen-bond donors (Lipinski definition) is 0. The first kappa shape index (κ1) is 24.8. The van der Waals surface area contributed by atoms with E-state index in [4.69, 9.17) is 15.0 Å². The molecule has 0 aliphatic heterocycles. The molecule has 8 aromatic rings. The van der Waals surface area contributed by atoms with Gasteiger partial charge in [0.15, 0.2) is 11.6 Å². The lowest BCUT2D eigenvalue weighted by atomic mass is 9.99. The van der Waals surface area contributed by atoms with Crippen molar-refractivity contribution in [2.75, 3.05) is 0 Å². The normalized spacial score (nSPS) is 12.7. The molecule has 0 radical (unpaired) electrons. The predicted octanol–water partition coefficient (Wildman–Crippen LogP) is 9.21. The van der Waals surface area contributed by atoms with E-state index in [0.717, 1.165) is 35.0 Å². The third-order valence-electron chi connectivity index (χ3n) is 8.64. The molecule has 0 fully saturated rings. The van der Waals surface area contributed by atoms with Gasteiger partial charge in [0.2, 0.25) is 5.95 Å². The van der Waals surface area contributed by atoms with Gasteiger partial charge in [0, 0.05) is 44.2 Å². The highest BCUT2D eigenvalue weighted by Gasteiger charge is 2.25. The maximum absolute atomic E-state index is 5.11. The summed E-state index contributed by atoms with van der Waals surface area (Å²) >= 11 is 0. The van der Waals surface area contributed by atoms with Crippen LogP contribution in [0.5, 0.6) is 0 Å². The Balaban J connectivity index is 1.40. The van der Waals surface area contributed by atoms with Crippen LogP contribution >= 0.6 is 0 Å². The molecule has 0 spiro atoms. The number of fused-ring (bicyclic) bond motifs is 7. The van der Waals surface area contributed by atoms with Crippen molar-refractivity contribution in [3.8, 4) is 34.4 Å². The Hall–Kier alpha value is -5.81. The number of aromatic nitrogens is 5. The SMILES string of the molecule is C1=Cc2c(n(-c3ccccc3)c3ccc4c(c5ccccc5n4-c4nc(-c5ccccc5)nc(-c5ccccc5)n4)c23)CC1. The van der Waals surface area contributed by atoms with E-state index in [9.17, 15) is 0 Å². The average Bonchev–Trinajstić information content (AvgIpc) is 3.62. The minimum absolute atomic E-state index is 0.607. The lowest BCUT2D eigenvalue weighted by molar-refractivity contribution is 0.888. The third-order valence-corrected chi connectivity index (χ3v) is 8.64. The van der Waals surface area contributed by atoms with Crippen molar-refractivity contribution in [1.29, 1.82) is 0 Å². The molecule has 1 aliphatic rings. The molecular weight excluding hydrogens is 538 g/mol. The van der Waals surface area contributed by atoms with E-state index >= 15 is 0 Å². The van der Waals surface area contributed by atoms with Crippen LogP contribution in [0.25, 0.3) is 73.2 Å². The molecule has 0 unspecified atom stereocenters. The second-order valence-electron chi connectivity index (χ2n) is 11.2. The molecule has 5 aromatic carbocycles. The predicted molar refractivity (Wildman–Crippen MR) is 179 cm³/mol. The van der Waals surface area contributed by atoms with E-state index in [-0.39, 0.29) is 0 Å². The van der Waals surface area contributed by atoms with Crippen LogP contribution in [-0.4, -0.2) is 24.1 Å². The lowest BCUT2D eigenvalue weighted by Gasteiger charge is -2.13. The standard InChI is InChI=1S/C39H27N5/c1-4-14-26(15-5-1)37-40-38(27-16-6-2-7-17-27)42-39(41-37)44-32-23-13-11-21-30(32)36-34(44)25-24-33-35(36)29-20-10-12-22-31(29)43(33)28-18-8-3-9-19-28/h1-11,13-21,23-25H,12,22H2. The Morgan fingerprint density at radius 1 is 0.500 bits per heavy atom. The van der Waals surface area contributed by atoms with Gasteiger partial charge >= 0.3 is 0 Å². The van der Waals surface area contributed by atoms with Crippen LogP contribution in [0.2, 0.25) is 0 Å². The van der Waals surface area contributed by atoms with E-state index in [2.05, 4.69) is 88.0 Å². The molecule has 0 amide bonds. The molecule has 1 aliphatic carbocycles. The zero-order valence-electron chi connectivity index (χ0n) is 23.9. The molecule has 3 heterocycles. The second-order valence-corrected chi connectivity index (χ2v) is 11.2. The maximum Gasteiger partial charge on any atom is 0.238 e. The van der Waals surface area contributed by atoms with Crippen molar-refractivity contribution in [1.82, 2.24) is 24.1 Å². The first-order chi connectivity index (χ1) is 21.8. The molecule has 5 nitrogen and oxygen atoms in total. The Morgan fingerprint density at radius 3 is 1.77 bits per heavy atom. The van der Waals surface area contributed by atoms with Crippen molar-refractivity contribution in [2.45, 2.75) is 12.8 Å². The zero-order valence-corrected chi connectivity index (χ0v) is 23.9. The highest BCUT2D eigenvalue weighted by molar-refractivity contribution is 6.23. The van der Waals surface area contributed by atoms with Gasteiger partial charge in [-0.05, 0) is 43.2 Å². The van der Waals surface area contributed by atoms with Gasteiger partial charge in [0.25, 0.3) is 0 Å². The van der Waals surface area contributed by atoms with Gasteiger partial charge in [0.05, 0.1) is 16.6 Å². The van der Waals surface area contributed by atoms with Crippen LogP contribution in [0.1, 0.15) is 17.7 Å². The van der Waals surface area contributed by atoms with E-state index in [0.29, 0.717) is 17.6 Å². The fourth-order valence-corrected chi connectivity index (χ4v) is 6.75. The van der Waals surface area contributed by atoms with E-state index in [1.54, 1.807) is 0 Å². The zero-order chi connectivity index (χ0) is 29.0. The molecule has 0 atom stereocenters. The highest BCUT2D eigenvalue weighted by atomic mass is 15.2. The molecular formula is C39H27N5. The number of para-hydroxylation sites is 2. The summed E-state index contributed by atoms with van der Waals surface area (Å²) < 4.78 is 4.66. The number of benzene rings is 5. The van der Waals surface area contributed by atoms with Crippen LogP contribution in [0.15, 0.2) is 133 Å². The molecule has 9 rings (SSSR count). The first-order valence-corrected chi connectivity index (χ1v) is 15.0. The number of hydrogen-bond acceptors (Lipinski definition) is 3. The topological polar surface area (TPSA) is 48.5 Å². The van der Waals surface area contributed by atoms with E-state index in [1.807, 2.05) is 60.7 Å². The summed E-state index contributed by atoms with van der Waals surface area (Å²) in [4.78, 5) is 15.2. The van der Waals surface area contributed by atoms with Crippen LogP contribution in [0.3, 0.4) is 0 Å². The van der Waals surface area contributed by atoms with Crippen molar-refractivity contribution >= 4 is 38.8 Å². The Kier molecular flexibility index (Phi) is 5.56. The molecule has 0 saturated heterocycles. The van der Waals surface area contributed by atoms with Crippen LogP contribution in [0.4, 0.5) is 0 Å². The maximum atomic E-state index is 5.11. The van der Waals surface area contributed by atoms with Gasteiger partial charge in [-0.1, -0.05) is 109 Å². The summed E-state index contributed by atoms with van der Waals surface area (Å²) in [7, 11) is 0. The number of nitrogens with zero attached hydrogens (tertiary/aromatic N) is 5. The monoisotopic (exact) mass is 565 g/mol. The molecule has 5 heteroatoms. The fourth-order valence-electron chi connectivity index (χ4n) is 6.75. The first-order valence-electron chi connectivity index (χ1n) is 15.0. The molecule has 208 valence electrons. The number of allylic oxidation sites excluding steroid dienone is 1. The summed E-state index contributed by atoms with van der Waals surface area (Å²) in [6.45, 7) is 0. The van der Waals surface area contributed by atoms with Gasteiger partial charge < -0.3 is 4.57 Å². The summed E-state index contributed by atoms with van der Waals surface area (Å²) in [5, 5.41) is 3.68. The quantitative estimate of drug-likeness (QED) is 0.214. The van der Waals surface area contributed by atoms with Gasteiger partial charge in [-0.25, -0.2) is 4.98 Å². The largest absolute Gasteiger partial charge is 0.313 e. The van der Waals surface area contributed by atoms with Gasteiger partial charge in [-0.3, -0.25) is 4.57 Å². The minimum atomic E-state index is 0.607. The van der Waals surface area contributed by atoms with Crippen molar-refractivity contribution < 1.29 is 0 Å². The van der Waals surface area contributed by atoms with Crippen LogP contribution in [-0.2, 0) is 6.42 Å². The average molecular weight is 566 g/mol. The Morgan fingerprint density at radius 2 is 1.09 bits per heavy atom. The fraction of sp³-hybridized carbons (Fsp3) is 0.0513. The van der Waals surface area contributed by atoms with Crippen molar-refractivity contribution in [3.05, 3.63) is 145 Å². The van der Waals surface area contributed by atoms with Gasteiger partial charge in [-0.2, -0.15) is 9.97 Å². The summed E-state index contributed by atoms with van der Waals surface area (Å²) in [6.07, 6.45) is 6.66. The summed E-state index contributed by atoms with van der Waals surface area (Å²) in [5.74, 6) is 1.91. The second kappa shape index (κ2) is 9.89. The Labute approximate surface area is 254 Å². The van der Waals surface area contributed by atoms with Gasteiger partial charge in [0.1, 0.15) is 0 Å². The minimum Gasteiger partial charge on any atom is -0.313 e. The van der Waals surface area contributed by atoms with Crippen LogP contribution in [0, 0.1) is 0 Å². The summed E-state index contributed by atoms with van der Waals surface area (Å²) in [5.41, 5.74) is 9.12. The molecule has 3 aromatic heterocycles. The Bertz CT molecular complexity index is 2310. The highest BCUT2D eigenvalue weighted by Crippen LogP contribution is 2.42. The van der Waals surface area contributed by atoms with Gasteiger partial charge in [-0.15, -0.1) is 0 Å². The van der Waals surface area contributed by atoms with Crippen molar-refractivity contribution in [3.63, 3.8) is 0 Å². The number of rotatable bonds is 4. The van der Waals surface area contributed by atoms with E-state index in [1.165, 1.54) is 38.6 Å². The van der Waals surface area contributed by atoms with Crippen LogP contribution < -0.4 is 0 Å². The smallest absolute Gasteiger partial charge is 0.238 e. The molecule has 0 saturated carbocycles. The van der Waals surface area contributed by atoms with E-state index < -0.39 is 0 Å². The molecule has 0 bridgehead atoms. The third kappa shape index (κ3) is 3.76. The van der Waals surface area contributed by atoms with Crippen molar-refractivity contribution in [2.24, 2.45) is 0 Å². The molecule has 0 N–H and O–H groups in total. The molecule has 44 heavy (non-hydrogen) atoms. The summed E-state index contributed by atoms with van der Waals surface area (Å²) in [6, 6.07) is 44.1.